The molecular weight excluding hydrogens is 293 g/mol. The molecule has 0 spiro atoms. The minimum absolute atomic E-state index is 0. The van der Waals surface area contributed by atoms with Crippen LogP contribution >= 0.6 is 0 Å². The molecule has 0 saturated carbocycles. The number of aromatic nitrogens is 4. The molecule has 6 N–H and O–H groups in total. The first kappa shape index (κ1) is 16.4. The summed E-state index contributed by atoms with van der Waals surface area (Å²) in [4.78, 5) is 21.8. The predicted octanol–water partition coefficient (Wildman–Crippen LogP) is -3.07. The number of aliphatic hydroxyl groups is 3. The van der Waals surface area contributed by atoms with Gasteiger partial charge in [0.25, 0.3) is 5.56 Å². The number of nitrogens with zero attached hydrogens (tertiary/aromatic N) is 3. The van der Waals surface area contributed by atoms with Crippen molar-refractivity contribution >= 4 is 46.7 Å². The topological polar surface area (TPSA) is 160 Å². The van der Waals surface area contributed by atoms with Crippen LogP contribution in [-0.2, 0) is 4.74 Å². The molecule has 0 unspecified atom stereocenters. The summed E-state index contributed by atoms with van der Waals surface area (Å²) in [6.07, 6.45) is -3.21. The van der Waals surface area contributed by atoms with E-state index >= 15 is 0 Å². The number of nitrogens with two attached hydrogens (primary N) is 1. The Balaban J connectivity index is 0.00000161. The summed E-state index contributed by atoms with van der Waals surface area (Å²) in [6.45, 7) is -0.447. The molecule has 4 atom stereocenters. The first-order valence-electron chi connectivity index (χ1n) is 5.87. The van der Waals surface area contributed by atoms with Crippen LogP contribution in [-0.4, -0.2) is 89.3 Å². The molecule has 1 radical (unpaired) electrons. The zero-order valence-electron chi connectivity index (χ0n) is 11.2. The summed E-state index contributed by atoms with van der Waals surface area (Å²) in [6, 6.07) is 0. The van der Waals surface area contributed by atoms with Crippen molar-refractivity contribution in [3.63, 3.8) is 0 Å². The van der Waals surface area contributed by atoms with Crippen molar-refractivity contribution in [1.82, 2.24) is 19.5 Å². The molecule has 109 valence electrons. The van der Waals surface area contributed by atoms with Gasteiger partial charge in [0.2, 0.25) is 5.95 Å². The van der Waals surface area contributed by atoms with E-state index in [-0.39, 0.29) is 46.7 Å². The van der Waals surface area contributed by atoms with Crippen molar-refractivity contribution in [1.29, 1.82) is 0 Å². The van der Waals surface area contributed by atoms with Crippen molar-refractivity contribution in [3.05, 3.63) is 16.7 Å². The Morgan fingerprint density at radius 3 is 2.76 bits per heavy atom. The van der Waals surface area contributed by atoms with Gasteiger partial charge in [-0.1, -0.05) is 0 Å². The van der Waals surface area contributed by atoms with Gasteiger partial charge >= 0.3 is 0 Å². The fourth-order valence-corrected chi connectivity index (χ4v) is 2.24. The van der Waals surface area contributed by atoms with Crippen molar-refractivity contribution < 1.29 is 20.1 Å². The maximum atomic E-state index is 11.7. The summed E-state index contributed by atoms with van der Waals surface area (Å²) in [5.74, 6) is -0.101. The number of H-pyrrole nitrogens is 1. The molecule has 2 aromatic rings. The third kappa shape index (κ3) is 2.59. The SMILES string of the molecule is Nc1nc2c(ncn2[C@@H]2O[C@H](CO)[C@@H](O)[C@H]2O)c(=O)[nH]1.[Na]. The van der Waals surface area contributed by atoms with Crippen molar-refractivity contribution in [2.45, 2.75) is 24.5 Å². The zero-order chi connectivity index (χ0) is 14.4. The van der Waals surface area contributed by atoms with Gasteiger partial charge in [0.05, 0.1) is 12.9 Å². The quantitative estimate of drug-likeness (QED) is 0.365. The number of hydrogen-bond donors (Lipinski definition) is 5. The molecule has 0 amide bonds. The Morgan fingerprint density at radius 2 is 2.14 bits per heavy atom. The van der Waals surface area contributed by atoms with E-state index in [2.05, 4.69) is 15.0 Å². The number of nitrogens with one attached hydrogen (secondary N) is 1. The third-order valence-corrected chi connectivity index (χ3v) is 3.24. The summed E-state index contributed by atoms with van der Waals surface area (Å²) in [7, 11) is 0. The first-order chi connectivity index (χ1) is 9.52. The number of aliphatic hydroxyl groups excluding tert-OH is 3. The Labute approximate surface area is 139 Å². The standard InChI is InChI=1S/C10H13N5O5.Na/c11-10-13-7-4(8(19)14-10)12-2-15(7)9-6(18)5(17)3(1-16)20-9;/h2-3,5-6,9,16-18H,1H2,(H3,11,13,14,19);/t3-,5-,6-,9-;/m1./s1. The fraction of sp³-hybridized carbons (Fsp3) is 0.500. The minimum atomic E-state index is -1.29. The summed E-state index contributed by atoms with van der Waals surface area (Å²) >= 11 is 0. The monoisotopic (exact) mass is 306 g/mol. The molecule has 3 heterocycles. The number of anilines is 1. The van der Waals surface area contributed by atoms with Gasteiger partial charge < -0.3 is 25.8 Å². The van der Waals surface area contributed by atoms with Gasteiger partial charge in [0.15, 0.2) is 17.4 Å². The molecule has 2 aromatic heterocycles. The van der Waals surface area contributed by atoms with Gasteiger partial charge in [-0.2, -0.15) is 4.98 Å². The summed E-state index contributed by atoms with van der Waals surface area (Å²) in [5, 5.41) is 28.7. The molecule has 1 fully saturated rings. The smallest absolute Gasteiger partial charge is 0.280 e. The average molecular weight is 306 g/mol. The second-order valence-electron chi connectivity index (χ2n) is 4.50. The van der Waals surface area contributed by atoms with Gasteiger partial charge in [-0.25, -0.2) is 4.98 Å². The number of nitrogen functional groups attached to an aromatic ring is 1. The van der Waals surface area contributed by atoms with E-state index in [4.69, 9.17) is 15.6 Å². The van der Waals surface area contributed by atoms with E-state index in [0.29, 0.717) is 0 Å². The van der Waals surface area contributed by atoms with Crippen LogP contribution in [0.1, 0.15) is 6.23 Å². The van der Waals surface area contributed by atoms with E-state index in [9.17, 15) is 15.0 Å². The molecule has 1 aliphatic rings. The van der Waals surface area contributed by atoms with Crippen LogP contribution < -0.4 is 11.3 Å². The number of rotatable bonds is 2. The van der Waals surface area contributed by atoms with Gasteiger partial charge in [0, 0.05) is 29.6 Å². The largest absolute Gasteiger partial charge is 0.394 e. The number of ether oxygens (including phenoxy) is 1. The normalized spacial score (nSPS) is 28.7. The Kier molecular flexibility index (Phi) is 4.68. The first-order valence-corrected chi connectivity index (χ1v) is 5.87. The molecule has 0 bridgehead atoms. The Hall–Kier alpha value is -1.01. The molecule has 10 nitrogen and oxygen atoms in total. The number of fused-ring (bicyclic) bond motifs is 1. The van der Waals surface area contributed by atoms with Crippen molar-refractivity contribution in [2.24, 2.45) is 0 Å². The second kappa shape index (κ2) is 6.01. The van der Waals surface area contributed by atoms with E-state index in [1.165, 1.54) is 10.9 Å². The van der Waals surface area contributed by atoms with Crippen LogP contribution in [0, 0.1) is 0 Å². The number of aromatic amines is 1. The van der Waals surface area contributed by atoms with Gasteiger partial charge in [-0.3, -0.25) is 14.3 Å². The maximum absolute atomic E-state index is 11.7. The van der Waals surface area contributed by atoms with Gasteiger partial charge in [0.1, 0.15) is 18.3 Å². The number of imidazole rings is 1. The van der Waals surface area contributed by atoms with E-state index < -0.39 is 36.7 Å². The Bertz CT molecular complexity index is 703. The van der Waals surface area contributed by atoms with Gasteiger partial charge in [-0.05, 0) is 0 Å². The van der Waals surface area contributed by atoms with Crippen molar-refractivity contribution in [2.75, 3.05) is 12.3 Å². The van der Waals surface area contributed by atoms with E-state index in [1.54, 1.807) is 0 Å². The molecule has 1 saturated heterocycles. The molecule has 3 rings (SSSR count). The van der Waals surface area contributed by atoms with Crippen LogP contribution in [0.25, 0.3) is 11.2 Å². The molecular formula is C10H13N5NaO5. The van der Waals surface area contributed by atoms with Crippen LogP contribution in [0.15, 0.2) is 11.1 Å². The van der Waals surface area contributed by atoms with Crippen LogP contribution in [0.4, 0.5) is 5.95 Å². The molecule has 0 aromatic carbocycles. The predicted molar refractivity (Wildman–Crippen MR) is 71.3 cm³/mol. The number of hydrogen-bond acceptors (Lipinski definition) is 8. The van der Waals surface area contributed by atoms with Crippen LogP contribution in [0.5, 0.6) is 0 Å². The zero-order valence-corrected chi connectivity index (χ0v) is 13.2. The van der Waals surface area contributed by atoms with E-state index in [1.807, 2.05) is 0 Å². The van der Waals surface area contributed by atoms with Crippen LogP contribution in [0.2, 0.25) is 0 Å². The molecule has 0 aliphatic carbocycles. The Morgan fingerprint density at radius 1 is 1.43 bits per heavy atom. The molecule has 11 heteroatoms. The minimum Gasteiger partial charge on any atom is -0.394 e. The summed E-state index contributed by atoms with van der Waals surface area (Å²) < 4.78 is 6.64. The van der Waals surface area contributed by atoms with Crippen LogP contribution in [0.3, 0.4) is 0 Å². The molecule has 1 aliphatic heterocycles. The second-order valence-corrected chi connectivity index (χ2v) is 4.50. The summed E-state index contributed by atoms with van der Waals surface area (Å²) in [5.41, 5.74) is 5.12. The fourth-order valence-electron chi connectivity index (χ4n) is 2.24. The van der Waals surface area contributed by atoms with E-state index in [0.717, 1.165) is 0 Å². The van der Waals surface area contributed by atoms with Crippen molar-refractivity contribution in [3.8, 4) is 0 Å². The maximum Gasteiger partial charge on any atom is 0.280 e. The van der Waals surface area contributed by atoms with Gasteiger partial charge in [-0.15, -0.1) is 0 Å². The molecule has 21 heavy (non-hydrogen) atoms. The third-order valence-electron chi connectivity index (χ3n) is 3.24. The average Bonchev–Trinajstić information content (AvgIpc) is 2.93.